The van der Waals surface area contributed by atoms with Crippen molar-refractivity contribution in [3.63, 3.8) is 0 Å². The standard InChI is InChI=1S/C19H19FN2O2/c1-12-4-3-5-17(13(12)2)21-19(24)14-10-18(23)22(11-14)16-8-6-15(20)7-9-16/h3-9,14H,10-11H2,1-2H3,(H,21,24)/t14-/m0/s1. The number of nitrogens with zero attached hydrogens (tertiary/aromatic N) is 1. The van der Waals surface area contributed by atoms with Crippen LogP contribution in [-0.4, -0.2) is 18.4 Å². The number of carbonyl (C=O) groups excluding carboxylic acids is 2. The zero-order valence-corrected chi connectivity index (χ0v) is 13.7. The van der Waals surface area contributed by atoms with Crippen molar-refractivity contribution in [3.05, 3.63) is 59.4 Å². The maximum Gasteiger partial charge on any atom is 0.229 e. The summed E-state index contributed by atoms with van der Waals surface area (Å²) >= 11 is 0. The molecular formula is C19H19FN2O2. The van der Waals surface area contributed by atoms with Gasteiger partial charge in [-0.3, -0.25) is 9.59 Å². The molecule has 24 heavy (non-hydrogen) atoms. The third-order valence-corrected chi connectivity index (χ3v) is 4.50. The van der Waals surface area contributed by atoms with Gasteiger partial charge in [-0.2, -0.15) is 0 Å². The van der Waals surface area contributed by atoms with Gasteiger partial charge in [0.25, 0.3) is 0 Å². The van der Waals surface area contributed by atoms with Crippen LogP contribution in [0.15, 0.2) is 42.5 Å². The van der Waals surface area contributed by atoms with Crippen molar-refractivity contribution in [2.45, 2.75) is 20.3 Å². The van der Waals surface area contributed by atoms with Crippen molar-refractivity contribution in [1.29, 1.82) is 0 Å². The lowest BCUT2D eigenvalue weighted by Crippen LogP contribution is -2.28. The number of carbonyl (C=O) groups is 2. The van der Waals surface area contributed by atoms with E-state index in [0.29, 0.717) is 12.2 Å². The van der Waals surface area contributed by atoms with Crippen molar-refractivity contribution in [3.8, 4) is 0 Å². The first-order valence-corrected chi connectivity index (χ1v) is 7.88. The zero-order valence-electron chi connectivity index (χ0n) is 13.7. The summed E-state index contributed by atoms with van der Waals surface area (Å²) in [6.07, 6.45) is 0.161. The molecule has 3 rings (SSSR count). The molecule has 2 aromatic carbocycles. The lowest BCUT2D eigenvalue weighted by Gasteiger charge is -2.17. The normalized spacial score (nSPS) is 17.2. The fraction of sp³-hybridized carbons (Fsp3) is 0.263. The van der Waals surface area contributed by atoms with E-state index < -0.39 is 5.92 Å². The molecule has 0 saturated carbocycles. The van der Waals surface area contributed by atoms with E-state index in [1.807, 2.05) is 32.0 Å². The highest BCUT2D eigenvalue weighted by Crippen LogP contribution is 2.27. The Hall–Kier alpha value is -2.69. The lowest BCUT2D eigenvalue weighted by atomic mass is 10.1. The molecule has 0 aliphatic carbocycles. The molecule has 2 aromatic rings. The Kier molecular flexibility index (Phi) is 4.34. The Labute approximate surface area is 140 Å². The number of nitrogens with one attached hydrogen (secondary N) is 1. The second kappa shape index (κ2) is 6.43. The summed E-state index contributed by atoms with van der Waals surface area (Å²) in [5.41, 5.74) is 3.50. The van der Waals surface area contributed by atoms with Crippen LogP contribution in [0, 0.1) is 25.6 Å². The van der Waals surface area contributed by atoms with Crippen LogP contribution in [0.25, 0.3) is 0 Å². The van der Waals surface area contributed by atoms with E-state index in [1.54, 1.807) is 12.1 Å². The van der Waals surface area contributed by atoms with Gasteiger partial charge in [0.05, 0.1) is 5.92 Å². The summed E-state index contributed by atoms with van der Waals surface area (Å²) in [6, 6.07) is 11.5. The molecule has 1 fully saturated rings. The molecule has 0 radical (unpaired) electrons. The van der Waals surface area contributed by atoms with Crippen LogP contribution in [0.3, 0.4) is 0 Å². The third-order valence-electron chi connectivity index (χ3n) is 4.50. The highest BCUT2D eigenvalue weighted by molar-refractivity contribution is 6.03. The quantitative estimate of drug-likeness (QED) is 0.939. The van der Waals surface area contributed by atoms with Gasteiger partial charge in [0.1, 0.15) is 5.82 Å². The first-order chi connectivity index (χ1) is 11.5. The lowest BCUT2D eigenvalue weighted by molar-refractivity contribution is -0.122. The fourth-order valence-electron chi connectivity index (χ4n) is 2.88. The second-order valence-corrected chi connectivity index (χ2v) is 6.12. The molecule has 2 amide bonds. The van der Waals surface area contributed by atoms with E-state index in [4.69, 9.17) is 0 Å². The number of rotatable bonds is 3. The van der Waals surface area contributed by atoms with Crippen LogP contribution in [0.1, 0.15) is 17.5 Å². The Bertz CT molecular complexity index is 786. The number of hydrogen-bond acceptors (Lipinski definition) is 2. The minimum absolute atomic E-state index is 0.122. The zero-order chi connectivity index (χ0) is 17.3. The van der Waals surface area contributed by atoms with Gasteiger partial charge >= 0.3 is 0 Å². The predicted octanol–water partition coefficient (Wildman–Crippen LogP) is 3.43. The molecule has 0 spiro atoms. The highest BCUT2D eigenvalue weighted by atomic mass is 19.1. The average molecular weight is 326 g/mol. The maximum atomic E-state index is 13.0. The van der Waals surface area contributed by atoms with Crippen LogP contribution in [0.5, 0.6) is 0 Å². The van der Waals surface area contributed by atoms with Crippen molar-refractivity contribution in [2.24, 2.45) is 5.92 Å². The Morgan fingerprint density at radius 2 is 1.88 bits per heavy atom. The van der Waals surface area contributed by atoms with E-state index in [9.17, 15) is 14.0 Å². The topological polar surface area (TPSA) is 49.4 Å². The molecule has 5 heteroatoms. The summed E-state index contributed by atoms with van der Waals surface area (Å²) in [6.45, 7) is 4.25. The van der Waals surface area contributed by atoms with Crippen molar-refractivity contribution >= 4 is 23.2 Å². The molecule has 1 saturated heterocycles. The summed E-state index contributed by atoms with van der Waals surface area (Å²) < 4.78 is 13.0. The second-order valence-electron chi connectivity index (χ2n) is 6.12. The molecule has 0 aromatic heterocycles. The molecule has 0 unspecified atom stereocenters. The number of benzene rings is 2. The van der Waals surface area contributed by atoms with Crippen LogP contribution in [0.2, 0.25) is 0 Å². The molecule has 1 aliphatic heterocycles. The van der Waals surface area contributed by atoms with Crippen molar-refractivity contribution in [1.82, 2.24) is 0 Å². The molecule has 1 heterocycles. The number of hydrogen-bond donors (Lipinski definition) is 1. The van der Waals surface area contributed by atoms with Gasteiger partial charge in [-0.15, -0.1) is 0 Å². The van der Waals surface area contributed by atoms with Crippen LogP contribution in [-0.2, 0) is 9.59 Å². The van der Waals surface area contributed by atoms with Gasteiger partial charge in [-0.05, 0) is 55.3 Å². The van der Waals surface area contributed by atoms with Gasteiger partial charge in [0.2, 0.25) is 11.8 Å². The fourth-order valence-corrected chi connectivity index (χ4v) is 2.88. The van der Waals surface area contributed by atoms with Crippen LogP contribution in [0.4, 0.5) is 15.8 Å². The number of amides is 2. The number of halogens is 1. The number of anilines is 2. The minimum atomic E-state index is -0.414. The molecule has 1 aliphatic rings. The monoisotopic (exact) mass is 326 g/mol. The largest absolute Gasteiger partial charge is 0.326 e. The molecular weight excluding hydrogens is 307 g/mol. The van der Waals surface area contributed by atoms with Crippen LogP contribution < -0.4 is 10.2 Å². The van der Waals surface area contributed by atoms with Crippen molar-refractivity contribution in [2.75, 3.05) is 16.8 Å². The van der Waals surface area contributed by atoms with E-state index in [2.05, 4.69) is 5.32 Å². The first kappa shape index (κ1) is 16.2. The summed E-state index contributed by atoms with van der Waals surface area (Å²) in [5.74, 6) is -1.05. The summed E-state index contributed by atoms with van der Waals surface area (Å²) in [5, 5.41) is 2.92. The smallest absolute Gasteiger partial charge is 0.229 e. The Morgan fingerprint density at radius 3 is 2.58 bits per heavy atom. The van der Waals surface area contributed by atoms with Gasteiger partial charge in [0.15, 0.2) is 0 Å². The predicted molar refractivity (Wildman–Crippen MR) is 91.4 cm³/mol. The SMILES string of the molecule is Cc1cccc(NC(=O)[C@H]2CC(=O)N(c3ccc(F)cc3)C2)c1C. The maximum absolute atomic E-state index is 13.0. The summed E-state index contributed by atoms with van der Waals surface area (Å²) in [4.78, 5) is 26.2. The third kappa shape index (κ3) is 3.15. The van der Waals surface area contributed by atoms with Crippen molar-refractivity contribution < 1.29 is 14.0 Å². The van der Waals surface area contributed by atoms with Gasteiger partial charge < -0.3 is 10.2 Å². The molecule has 1 atom stereocenters. The average Bonchev–Trinajstić information content (AvgIpc) is 2.94. The van der Waals surface area contributed by atoms with E-state index in [1.165, 1.54) is 17.0 Å². The summed E-state index contributed by atoms with van der Waals surface area (Å²) in [7, 11) is 0. The molecule has 124 valence electrons. The van der Waals surface area contributed by atoms with E-state index in [-0.39, 0.29) is 24.1 Å². The van der Waals surface area contributed by atoms with Gasteiger partial charge in [-0.25, -0.2) is 4.39 Å². The van der Waals surface area contributed by atoms with Gasteiger partial charge in [0, 0.05) is 24.3 Å². The Morgan fingerprint density at radius 1 is 1.17 bits per heavy atom. The van der Waals surface area contributed by atoms with E-state index in [0.717, 1.165) is 16.8 Å². The highest BCUT2D eigenvalue weighted by Gasteiger charge is 2.35. The minimum Gasteiger partial charge on any atom is -0.326 e. The number of aryl methyl sites for hydroxylation is 1. The van der Waals surface area contributed by atoms with Gasteiger partial charge in [-0.1, -0.05) is 12.1 Å². The molecule has 1 N–H and O–H groups in total. The van der Waals surface area contributed by atoms with Crippen LogP contribution >= 0.6 is 0 Å². The first-order valence-electron chi connectivity index (χ1n) is 7.88. The molecule has 0 bridgehead atoms. The Balaban J connectivity index is 1.72. The van der Waals surface area contributed by atoms with E-state index >= 15 is 0 Å². The molecule has 4 nitrogen and oxygen atoms in total.